The van der Waals surface area contributed by atoms with E-state index in [4.69, 9.17) is 14.2 Å². The van der Waals surface area contributed by atoms with Crippen LogP contribution in [0.3, 0.4) is 0 Å². The fraction of sp³-hybridized carbons (Fsp3) is 0.389. The van der Waals surface area contributed by atoms with Gasteiger partial charge in [-0.15, -0.1) is 0 Å². The summed E-state index contributed by atoms with van der Waals surface area (Å²) < 4.78 is 16.8. The van der Waals surface area contributed by atoms with Crippen molar-refractivity contribution < 1.29 is 24.1 Å². The number of carbonyl (C=O) groups excluding carboxylic acids is 1. The van der Waals surface area contributed by atoms with Crippen LogP contribution in [-0.4, -0.2) is 32.2 Å². The molecule has 0 aliphatic heterocycles. The van der Waals surface area contributed by atoms with Gasteiger partial charge in [-0.2, -0.15) is 0 Å². The molecule has 1 aliphatic rings. The number of Topliss-reactive ketones (excluding diaryl/α,β-unsaturated/α-hetero) is 1. The Bertz CT molecular complexity index is 733. The second-order valence-corrected chi connectivity index (χ2v) is 6.53. The van der Waals surface area contributed by atoms with Crippen molar-refractivity contribution in [1.82, 2.24) is 0 Å². The molecule has 0 amide bonds. The van der Waals surface area contributed by atoms with Gasteiger partial charge < -0.3 is 19.3 Å². The molecule has 1 unspecified atom stereocenters. The summed E-state index contributed by atoms with van der Waals surface area (Å²) in [5.74, 6) is 0.602. The summed E-state index contributed by atoms with van der Waals surface area (Å²) in [4.78, 5) is 12.4. The summed E-state index contributed by atoms with van der Waals surface area (Å²) in [5, 5.41) is 10.1. The second-order valence-electron chi connectivity index (χ2n) is 5.67. The number of benzene rings is 1. The molecule has 0 fully saturated rings. The number of halogens is 1. The molecule has 0 aromatic heterocycles. The minimum atomic E-state index is -0.390. The maximum absolute atomic E-state index is 12.4. The Labute approximate surface area is 150 Å². The highest BCUT2D eigenvalue weighted by atomic mass is 79.9. The molecule has 0 heterocycles. The molecule has 1 atom stereocenters. The van der Waals surface area contributed by atoms with Crippen molar-refractivity contribution in [3.05, 3.63) is 33.5 Å². The number of ether oxygens (including phenoxy) is 3. The zero-order chi connectivity index (χ0) is 18.0. The molecular formula is C18H21BrO5. The van der Waals surface area contributed by atoms with Gasteiger partial charge in [0.1, 0.15) is 0 Å². The first-order valence-corrected chi connectivity index (χ1v) is 8.28. The molecule has 1 N–H and O–H groups in total. The number of hydrogen-bond acceptors (Lipinski definition) is 5. The predicted octanol–water partition coefficient (Wildman–Crippen LogP) is 4.04. The van der Waals surface area contributed by atoms with Crippen LogP contribution < -0.4 is 14.2 Å². The number of hydrogen-bond donors (Lipinski definition) is 1. The minimum absolute atomic E-state index is 0.271. The number of methoxy groups -OCH3 is 3. The standard InChI is InChI=1S/C18H21BrO5/c1-9-7-12(19)16(21)15(20)10(2)6-11-8-13(22-3)17(23-4)18(24-5)14(9)11/h7-8,10,21H,6H2,1-5H3/b9-7+,16-12-. The summed E-state index contributed by atoms with van der Waals surface area (Å²) in [6, 6.07) is 1.86. The lowest BCUT2D eigenvalue weighted by atomic mass is 9.90. The summed E-state index contributed by atoms with van der Waals surface area (Å²) in [7, 11) is 4.67. The van der Waals surface area contributed by atoms with Gasteiger partial charge in [0, 0.05) is 11.5 Å². The van der Waals surface area contributed by atoms with Crippen molar-refractivity contribution >= 4 is 27.3 Å². The molecule has 5 nitrogen and oxygen atoms in total. The van der Waals surface area contributed by atoms with Crippen molar-refractivity contribution in [2.45, 2.75) is 20.3 Å². The van der Waals surface area contributed by atoms with Gasteiger partial charge in [0.05, 0.1) is 25.8 Å². The summed E-state index contributed by atoms with van der Waals surface area (Å²) in [5.41, 5.74) is 2.57. The Hall–Kier alpha value is -1.95. The van der Waals surface area contributed by atoms with Crippen LogP contribution in [-0.2, 0) is 11.2 Å². The smallest absolute Gasteiger partial charge is 0.203 e. The largest absolute Gasteiger partial charge is 0.504 e. The van der Waals surface area contributed by atoms with E-state index in [2.05, 4.69) is 15.9 Å². The Morgan fingerprint density at radius 2 is 1.79 bits per heavy atom. The van der Waals surface area contributed by atoms with Gasteiger partial charge in [0.15, 0.2) is 17.3 Å². The molecule has 2 rings (SSSR count). The van der Waals surface area contributed by atoms with Crippen LogP contribution in [0.1, 0.15) is 25.0 Å². The lowest BCUT2D eigenvalue weighted by molar-refractivity contribution is -0.121. The minimum Gasteiger partial charge on any atom is -0.504 e. The van der Waals surface area contributed by atoms with Crippen LogP contribution in [0.25, 0.3) is 5.57 Å². The molecule has 1 aliphatic carbocycles. The van der Waals surface area contributed by atoms with Crippen LogP contribution >= 0.6 is 15.9 Å². The van der Waals surface area contributed by atoms with Crippen LogP contribution in [0, 0.1) is 5.92 Å². The number of aliphatic hydroxyl groups is 1. The molecule has 0 spiro atoms. The first-order valence-electron chi connectivity index (χ1n) is 7.49. The maximum atomic E-state index is 12.4. The van der Waals surface area contributed by atoms with Crippen molar-refractivity contribution in [1.29, 1.82) is 0 Å². The van der Waals surface area contributed by atoms with E-state index in [1.54, 1.807) is 34.3 Å². The molecular weight excluding hydrogens is 376 g/mol. The summed E-state index contributed by atoms with van der Waals surface area (Å²) >= 11 is 3.28. The van der Waals surface area contributed by atoms with Crippen molar-refractivity contribution in [3.63, 3.8) is 0 Å². The number of allylic oxidation sites excluding steroid dienone is 4. The first kappa shape index (κ1) is 18.4. The molecule has 6 heteroatoms. The number of rotatable bonds is 3. The molecule has 0 radical (unpaired) electrons. The fourth-order valence-corrected chi connectivity index (χ4v) is 3.44. The molecule has 0 saturated carbocycles. The second kappa shape index (κ2) is 7.30. The molecule has 0 bridgehead atoms. The van der Waals surface area contributed by atoms with Crippen LogP contribution in [0.15, 0.2) is 22.4 Å². The third-order valence-electron chi connectivity index (χ3n) is 4.08. The number of ketones is 1. The van der Waals surface area contributed by atoms with Crippen LogP contribution in [0.5, 0.6) is 17.2 Å². The van der Waals surface area contributed by atoms with E-state index in [-0.39, 0.29) is 11.5 Å². The average Bonchev–Trinajstić information content (AvgIpc) is 2.60. The van der Waals surface area contributed by atoms with Gasteiger partial charge in [0.25, 0.3) is 0 Å². The zero-order valence-electron chi connectivity index (χ0n) is 14.4. The van der Waals surface area contributed by atoms with Gasteiger partial charge in [0.2, 0.25) is 11.5 Å². The quantitative estimate of drug-likeness (QED) is 0.834. The van der Waals surface area contributed by atoms with Gasteiger partial charge >= 0.3 is 0 Å². The topological polar surface area (TPSA) is 65.0 Å². The Balaban J connectivity index is 2.84. The molecule has 1 aromatic rings. The highest BCUT2D eigenvalue weighted by Crippen LogP contribution is 2.46. The lowest BCUT2D eigenvalue weighted by Gasteiger charge is -2.21. The summed E-state index contributed by atoms with van der Waals surface area (Å²) in [6.45, 7) is 3.68. The molecule has 1 aromatic carbocycles. The zero-order valence-corrected chi connectivity index (χ0v) is 16.0. The Morgan fingerprint density at radius 1 is 1.17 bits per heavy atom. The molecule has 24 heavy (non-hydrogen) atoms. The van der Waals surface area contributed by atoms with Crippen molar-refractivity contribution in [2.75, 3.05) is 21.3 Å². The molecule has 0 saturated heterocycles. The third kappa shape index (κ3) is 3.15. The first-order chi connectivity index (χ1) is 11.3. The predicted molar refractivity (Wildman–Crippen MR) is 96.2 cm³/mol. The van der Waals surface area contributed by atoms with E-state index in [1.807, 2.05) is 13.0 Å². The normalized spacial score (nSPS) is 23.3. The number of carbonyl (C=O) groups is 1. The van der Waals surface area contributed by atoms with Crippen LogP contribution in [0.2, 0.25) is 0 Å². The molecule has 130 valence electrons. The number of fused-ring (bicyclic) bond motifs is 1. The SMILES string of the molecule is COc1cc2c(c(OC)c1OC)/C(C)=C/C(Br)=C(/O)C(=O)C(C)C2. The fourth-order valence-electron chi connectivity index (χ4n) is 2.90. The highest BCUT2D eigenvalue weighted by Gasteiger charge is 2.27. The van der Waals surface area contributed by atoms with Gasteiger partial charge in [-0.05, 0) is 52.6 Å². The van der Waals surface area contributed by atoms with E-state index in [1.165, 1.54) is 0 Å². The van der Waals surface area contributed by atoms with E-state index >= 15 is 0 Å². The van der Waals surface area contributed by atoms with Gasteiger partial charge in [-0.1, -0.05) is 6.92 Å². The van der Waals surface area contributed by atoms with Gasteiger partial charge in [-0.25, -0.2) is 0 Å². The Morgan fingerprint density at radius 3 is 2.33 bits per heavy atom. The van der Waals surface area contributed by atoms with Crippen molar-refractivity contribution in [3.8, 4) is 17.2 Å². The average molecular weight is 397 g/mol. The summed E-state index contributed by atoms with van der Waals surface area (Å²) in [6.07, 6.45) is 2.15. The Kier molecular flexibility index (Phi) is 5.59. The van der Waals surface area contributed by atoms with Crippen molar-refractivity contribution in [2.24, 2.45) is 5.92 Å². The number of aliphatic hydroxyl groups excluding tert-OH is 1. The third-order valence-corrected chi connectivity index (χ3v) is 4.69. The van der Waals surface area contributed by atoms with E-state index in [9.17, 15) is 9.90 Å². The monoisotopic (exact) mass is 396 g/mol. The highest BCUT2D eigenvalue weighted by molar-refractivity contribution is 9.11. The van der Waals surface area contributed by atoms with Gasteiger partial charge in [-0.3, -0.25) is 4.79 Å². The lowest BCUT2D eigenvalue weighted by Crippen LogP contribution is -2.17. The van der Waals surface area contributed by atoms with Crippen LogP contribution in [0.4, 0.5) is 0 Å². The van der Waals surface area contributed by atoms with E-state index in [0.717, 1.165) is 16.7 Å². The maximum Gasteiger partial charge on any atom is 0.203 e. The van der Waals surface area contributed by atoms with E-state index in [0.29, 0.717) is 28.2 Å². The van der Waals surface area contributed by atoms with E-state index < -0.39 is 5.92 Å².